The van der Waals surface area contributed by atoms with Gasteiger partial charge < -0.3 is 10.2 Å². The van der Waals surface area contributed by atoms with Crippen LogP contribution in [0.3, 0.4) is 0 Å². The zero-order valence-corrected chi connectivity index (χ0v) is 17.2. The van der Waals surface area contributed by atoms with Gasteiger partial charge in [0, 0.05) is 25.2 Å². The van der Waals surface area contributed by atoms with Crippen LogP contribution in [0.4, 0.5) is 5.82 Å². The molecule has 0 radical (unpaired) electrons. The summed E-state index contributed by atoms with van der Waals surface area (Å²) in [5.41, 5.74) is 0. The third-order valence-electron chi connectivity index (χ3n) is 5.83. The highest BCUT2D eigenvalue weighted by Gasteiger charge is 2.36. The molecule has 1 aromatic heterocycles. The van der Waals surface area contributed by atoms with Crippen LogP contribution in [-0.4, -0.2) is 78.7 Å². The van der Waals surface area contributed by atoms with E-state index in [-0.39, 0.29) is 41.3 Å². The Morgan fingerprint density at radius 3 is 2.54 bits per heavy atom. The highest BCUT2D eigenvalue weighted by molar-refractivity contribution is 7.91. The number of hydrogen-bond donors (Lipinski definition) is 1. The number of anilines is 1. The lowest BCUT2D eigenvalue weighted by molar-refractivity contribution is -0.137. The van der Waals surface area contributed by atoms with E-state index in [0.717, 1.165) is 0 Å². The number of aromatic nitrogens is 1. The average molecular weight is 409 g/mol. The van der Waals surface area contributed by atoms with Gasteiger partial charge in [-0.1, -0.05) is 6.07 Å². The van der Waals surface area contributed by atoms with Gasteiger partial charge in [-0.15, -0.1) is 0 Å². The molecule has 0 saturated carbocycles. The van der Waals surface area contributed by atoms with Crippen LogP contribution in [0.15, 0.2) is 24.4 Å². The van der Waals surface area contributed by atoms with Crippen molar-refractivity contribution in [3.05, 3.63) is 24.4 Å². The molecule has 8 nitrogen and oxygen atoms in total. The van der Waals surface area contributed by atoms with Crippen molar-refractivity contribution in [1.82, 2.24) is 14.8 Å². The minimum absolute atomic E-state index is 0.0365. The van der Waals surface area contributed by atoms with Gasteiger partial charge in [-0.25, -0.2) is 13.4 Å². The largest absolute Gasteiger partial charge is 0.340 e. The Bertz CT molecular complexity index is 806. The Balaban J connectivity index is 1.50. The third kappa shape index (κ3) is 4.88. The van der Waals surface area contributed by atoms with Crippen molar-refractivity contribution in [2.24, 2.45) is 5.92 Å². The van der Waals surface area contributed by atoms with Gasteiger partial charge in [0.15, 0.2) is 9.84 Å². The molecule has 0 bridgehead atoms. The Morgan fingerprint density at radius 1 is 1.25 bits per heavy atom. The second kappa shape index (κ2) is 8.57. The monoisotopic (exact) mass is 408 g/mol. The average Bonchev–Trinajstić information content (AvgIpc) is 3.07. The van der Waals surface area contributed by atoms with Crippen molar-refractivity contribution < 1.29 is 18.0 Å². The first-order valence-electron chi connectivity index (χ1n) is 9.70. The predicted molar refractivity (Wildman–Crippen MR) is 106 cm³/mol. The molecule has 2 aliphatic rings. The number of nitrogens with one attached hydrogen (secondary N) is 1. The summed E-state index contributed by atoms with van der Waals surface area (Å²) in [7, 11) is -1.33. The van der Waals surface area contributed by atoms with Crippen molar-refractivity contribution >= 4 is 27.5 Å². The summed E-state index contributed by atoms with van der Waals surface area (Å²) in [6, 6.07) is 4.82. The van der Waals surface area contributed by atoms with Crippen LogP contribution in [0.5, 0.6) is 0 Å². The Hall–Kier alpha value is -2.00. The molecule has 2 amide bonds. The number of hydrogen-bond acceptors (Lipinski definition) is 6. The van der Waals surface area contributed by atoms with Crippen LogP contribution >= 0.6 is 0 Å². The summed E-state index contributed by atoms with van der Waals surface area (Å²) in [6.07, 6.45) is 3.50. The molecule has 2 atom stereocenters. The van der Waals surface area contributed by atoms with Gasteiger partial charge >= 0.3 is 0 Å². The van der Waals surface area contributed by atoms with Crippen molar-refractivity contribution in [1.29, 1.82) is 0 Å². The molecule has 1 aromatic rings. The van der Waals surface area contributed by atoms with E-state index in [4.69, 9.17) is 0 Å². The highest BCUT2D eigenvalue weighted by atomic mass is 32.2. The normalized spacial score (nSPS) is 23.9. The van der Waals surface area contributed by atoms with Crippen LogP contribution in [0, 0.1) is 5.92 Å². The maximum Gasteiger partial charge on any atom is 0.239 e. The lowest BCUT2D eigenvalue weighted by Gasteiger charge is -2.37. The molecule has 9 heteroatoms. The molecular formula is C19H28N4O4S. The fourth-order valence-corrected chi connectivity index (χ4v) is 5.70. The Morgan fingerprint density at radius 2 is 1.96 bits per heavy atom. The van der Waals surface area contributed by atoms with Crippen molar-refractivity contribution in [2.45, 2.75) is 38.3 Å². The van der Waals surface area contributed by atoms with E-state index in [9.17, 15) is 18.0 Å². The van der Waals surface area contributed by atoms with E-state index >= 15 is 0 Å². The molecule has 0 spiro atoms. The summed E-state index contributed by atoms with van der Waals surface area (Å²) in [5.74, 6) is 0.562. The molecule has 28 heavy (non-hydrogen) atoms. The number of likely N-dealkylation sites (tertiary alicyclic amines) is 1. The molecule has 3 rings (SSSR count). The zero-order valence-electron chi connectivity index (χ0n) is 16.4. The first-order valence-corrected chi connectivity index (χ1v) is 11.5. The molecule has 0 aliphatic carbocycles. The lowest BCUT2D eigenvalue weighted by atomic mass is 9.94. The van der Waals surface area contributed by atoms with Gasteiger partial charge in [0.2, 0.25) is 11.8 Å². The fourth-order valence-electron chi connectivity index (χ4n) is 3.93. The Kier molecular flexibility index (Phi) is 6.34. The first kappa shape index (κ1) is 20.7. The summed E-state index contributed by atoms with van der Waals surface area (Å²) >= 11 is 0. The van der Waals surface area contributed by atoms with Crippen molar-refractivity contribution in [3.63, 3.8) is 0 Å². The second-order valence-electron chi connectivity index (χ2n) is 7.70. The third-order valence-corrected chi connectivity index (χ3v) is 7.58. The summed E-state index contributed by atoms with van der Waals surface area (Å²) in [5, 5.41) is 2.84. The van der Waals surface area contributed by atoms with Gasteiger partial charge in [0.25, 0.3) is 0 Å². The van der Waals surface area contributed by atoms with Crippen LogP contribution in [0.2, 0.25) is 0 Å². The van der Waals surface area contributed by atoms with E-state index < -0.39 is 9.84 Å². The topological polar surface area (TPSA) is 99.7 Å². The van der Waals surface area contributed by atoms with E-state index in [1.54, 1.807) is 30.3 Å². The molecule has 0 aromatic carbocycles. The quantitative estimate of drug-likeness (QED) is 0.772. The number of sulfone groups is 1. The minimum Gasteiger partial charge on any atom is -0.340 e. The SMILES string of the molecule is CC(C(=O)N(C)C1CCS(=O)(=O)C1)N1CCC(C(=O)Nc2ccccn2)CC1. The molecule has 2 unspecified atom stereocenters. The molecule has 2 aliphatic heterocycles. The molecule has 2 saturated heterocycles. The fraction of sp³-hybridized carbons (Fsp3) is 0.632. The van der Waals surface area contributed by atoms with Gasteiger partial charge in [0.05, 0.1) is 17.5 Å². The number of rotatable bonds is 5. The van der Waals surface area contributed by atoms with Crippen LogP contribution in [0.1, 0.15) is 26.2 Å². The van der Waals surface area contributed by atoms with Crippen LogP contribution in [-0.2, 0) is 19.4 Å². The van der Waals surface area contributed by atoms with Gasteiger partial charge in [0.1, 0.15) is 5.82 Å². The smallest absolute Gasteiger partial charge is 0.239 e. The lowest BCUT2D eigenvalue weighted by Crippen LogP contribution is -2.52. The van der Waals surface area contributed by atoms with E-state index in [2.05, 4.69) is 15.2 Å². The predicted octanol–water partition coefficient (Wildman–Crippen LogP) is 0.766. The molecular weight excluding hydrogens is 380 g/mol. The second-order valence-corrected chi connectivity index (χ2v) is 9.93. The zero-order chi connectivity index (χ0) is 20.3. The summed E-state index contributed by atoms with van der Waals surface area (Å²) in [6.45, 7) is 3.17. The summed E-state index contributed by atoms with van der Waals surface area (Å²) in [4.78, 5) is 33.0. The number of likely N-dealkylation sites (N-methyl/N-ethyl adjacent to an activating group) is 1. The number of carbonyl (C=O) groups is 2. The Labute approximate surface area is 166 Å². The highest BCUT2D eigenvalue weighted by Crippen LogP contribution is 2.23. The van der Waals surface area contributed by atoms with Crippen molar-refractivity contribution in [3.8, 4) is 0 Å². The van der Waals surface area contributed by atoms with Gasteiger partial charge in [-0.05, 0) is 51.4 Å². The number of carbonyl (C=O) groups excluding carboxylic acids is 2. The number of pyridine rings is 1. The van der Waals surface area contributed by atoms with Gasteiger partial charge in [-0.3, -0.25) is 14.5 Å². The van der Waals surface area contributed by atoms with E-state index in [1.165, 1.54) is 0 Å². The maximum absolute atomic E-state index is 12.8. The van der Waals surface area contributed by atoms with Crippen LogP contribution in [0.25, 0.3) is 0 Å². The standard InChI is InChI=1S/C19H28N4O4S/c1-14(19(25)22(2)16-8-12-28(26,27)13-16)23-10-6-15(7-11-23)18(24)21-17-5-3-4-9-20-17/h3-5,9,14-16H,6-8,10-13H2,1-2H3,(H,20,21,24). The maximum atomic E-state index is 12.8. The summed E-state index contributed by atoms with van der Waals surface area (Å²) < 4.78 is 23.4. The number of amides is 2. The molecule has 2 fully saturated rings. The molecule has 1 N–H and O–H groups in total. The first-order chi connectivity index (χ1) is 13.3. The minimum atomic E-state index is -3.02. The molecule has 3 heterocycles. The van der Waals surface area contributed by atoms with E-state index in [0.29, 0.717) is 38.2 Å². The van der Waals surface area contributed by atoms with E-state index in [1.807, 2.05) is 13.0 Å². The number of nitrogens with zero attached hydrogens (tertiary/aromatic N) is 3. The van der Waals surface area contributed by atoms with Crippen LogP contribution < -0.4 is 5.32 Å². The molecule has 154 valence electrons. The number of piperidine rings is 1. The van der Waals surface area contributed by atoms with Gasteiger partial charge in [-0.2, -0.15) is 0 Å². The van der Waals surface area contributed by atoms with Crippen molar-refractivity contribution in [2.75, 3.05) is 37.0 Å².